The van der Waals surface area contributed by atoms with E-state index in [1.807, 2.05) is 38.8 Å². The monoisotopic (exact) mass is 82.1 g/mol. The molecule has 0 rings (SSSR count). The molecule has 0 aliphatic carbocycles. The predicted molar refractivity (Wildman–Crippen MR) is 29.1 cm³/mol. The van der Waals surface area contributed by atoms with Gasteiger partial charge in [0, 0.05) is 0 Å². The second-order valence-corrected chi connectivity index (χ2v) is 1.05. The minimum absolute atomic E-state index is 2.00. The van der Waals surface area contributed by atoms with E-state index >= 15 is 0 Å². The van der Waals surface area contributed by atoms with Gasteiger partial charge >= 0.3 is 0 Å². The standard InChI is InChI=1S/C6H10/c1-3-5-6-4-2/h3-6H,1-2H3/b5-3+. The Morgan fingerprint density at radius 2 is 1.83 bits per heavy atom. The molecule has 0 fully saturated rings. The Morgan fingerprint density at radius 3 is 2.00 bits per heavy atom. The van der Waals surface area contributed by atoms with Gasteiger partial charge in [0.25, 0.3) is 0 Å². The molecule has 0 unspecified atom stereocenters. The summed E-state index contributed by atoms with van der Waals surface area (Å²) >= 11 is 0. The van der Waals surface area contributed by atoms with Gasteiger partial charge in [-0.2, -0.15) is 0 Å². The molecule has 0 amide bonds. The van der Waals surface area contributed by atoms with Gasteiger partial charge in [-0.1, -0.05) is 19.1 Å². The van der Waals surface area contributed by atoms with E-state index < -0.39 is 0 Å². The largest absolute Gasteiger partial charge is 0.0914 e. The van der Waals surface area contributed by atoms with Crippen molar-refractivity contribution in [2.75, 3.05) is 0 Å². The van der Waals surface area contributed by atoms with Crippen molar-refractivity contribution in [2.45, 2.75) is 13.8 Å². The highest BCUT2D eigenvalue weighted by molar-refractivity contribution is 4.99. The van der Waals surface area contributed by atoms with Crippen molar-refractivity contribution in [3.8, 4) is 0 Å². The summed E-state index contributed by atoms with van der Waals surface area (Å²) < 4.78 is 0. The van der Waals surface area contributed by atoms with Crippen LogP contribution >= 0.6 is 0 Å². The molecule has 0 atom stereocenters. The lowest BCUT2D eigenvalue weighted by Crippen LogP contribution is -1.59. The molecule has 0 spiro atoms. The van der Waals surface area contributed by atoms with Gasteiger partial charge in [-0.15, -0.1) is 0 Å². The van der Waals surface area contributed by atoms with Crippen LogP contribution in [-0.2, 0) is 0 Å². The maximum Gasteiger partial charge on any atom is -0.0139 e. The van der Waals surface area contributed by atoms with Crippen LogP contribution in [0.1, 0.15) is 13.8 Å². The lowest BCUT2D eigenvalue weighted by Gasteiger charge is -1.75. The minimum Gasteiger partial charge on any atom is -0.0914 e. The zero-order valence-corrected chi connectivity index (χ0v) is 4.31. The highest BCUT2D eigenvalue weighted by Gasteiger charge is 1.66. The lowest BCUT2D eigenvalue weighted by molar-refractivity contribution is 1.45. The van der Waals surface area contributed by atoms with Crippen molar-refractivity contribution in [1.82, 2.24) is 0 Å². The van der Waals surface area contributed by atoms with E-state index in [2.05, 4.69) is 0 Å². The Balaban J connectivity index is 2.66. The van der Waals surface area contributed by atoms with E-state index in [-0.39, 0.29) is 0 Å². The van der Waals surface area contributed by atoms with E-state index in [4.69, 9.17) is 0 Å². The van der Waals surface area contributed by atoms with Crippen molar-refractivity contribution in [3.63, 3.8) is 0 Å². The molecule has 34 valence electrons. The molecule has 0 bridgehead atoms. The third-order valence-corrected chi connectivity index (χ3v) is 0.496. The molecule has 0 saturated heterocycles. The fourth-order valence-corrected chi connectivity index (χ4v) is 0.222. The summed E-state index contributed by atoms with van der Waals surface area (Å²) in [6, 6.07) is 0. The third kappa shape index (κ3) is 3.74. The maximum absolute atomic E-state index is 2.00. The summed E-state index contributed by atoms with van der Waals surface area (Å²) in [6.45, 7) is 4.00. The molecular formula is C6H10. The van der Waals surface area contributed by atoms with Gasteiger partial charge in [0.2, 0.25) is 0 Å². The summed E-state index contributed by atoms with van der Waals surface area (Å²) in [5.74, 6) is 0. The number of unbranched alkanes of at least 4 members (excludes halogenated alkanes) is 1. The second kappa shape index (κ2) is 4.74. The zero-order valence-electron chi connectivity index (χ0n) is 4.31. The average molecular weight is 82.1 g/mol. The van der Waals surface area contributed by atoms with Crippen molar-refractivity contribution < 1.29 is 0 Å². The van der Waals surface area contributed by atoms with E-state index in [1.54, 1.807) is 0 Å². The normalized spacial score (nSPS) is 10.3. The minimum atomic E-state index is 2.00. The van der Waals surface area contributed by atoms with Crippen LogP contribution in [0, 0.1) is 12.8 Å². The van der Waals surface area contributed by atoms with Crippen LogP contribution in [0.4, 0.5) is 0 Å². The first kappa shape index (κ1) is 5.74. The molecule has 0 aliphatic rings. The molecule has 0 aromatic carbocycles. The van der Waals surface area contributed by atoms with Gasteiger partial charge in [0.15, 0.2) is 0 Å². The number of allylic oxidation sites excluding steroid dienone is 2. The lowest BCUT2D eigenvalue weighted by atomic mass is 10.3. The molecule has 0 N–H and O–H groups in total. The van der Waals surface area contributed by atoms with E-state index in [0.717, 1.165) is 0 Å². The Labute approximate surface area is 39.9 Å². The molecule has 0 aromatic heterocycles. The van der Waals surface area contributed by atoms with Crippen LogP contribution in [0.15, 0.2) is 12.2 Å². The highest BCUT2D eigenvalue weighted by atomic mass is 13.7. The Kier molecular flexibility index (Phi) is 4.53. The van der Waals surface area contributed by atoms with Crippen molar-refractivity contribution in [2.24, 2.45) is 0 Å². The van der Waals surface area contributed by atoms with Gasteiger partial charge in [0.05, 0.1) is 0 Å². The SMILES string of the molecule is C[CH][CH]/C=C/C. The topological polar surface area (TPSA) is 0 Å². The van der Waals surface area contributed by atoms with Crippen LogP contribution in [-0.4, -0.2) is 0 Å². The van der Waals surface area contributed by atoms with Crippen LogP contribution in [0.25, 0.3) is 0 Å². The Bertz CT molecular complexity index is 35.3. The molecule has 0 aromatic rings. The Morgan fingerprint density at radius 1 is 1.17 bits per heavy atom. The van der Waals surface area contributed by atoms with Crippen LogP contribution < -0.4 is 0 Å². The zero-order chi connectivity index (χ0) is 4.83. The third-order valence-electron chi connectivity index (χ3n) is 0.496. The van der Waals surface area contributed by atoms with Gasteiger partial charge in [-0.3, -0.25) is 0 Å². The quantitative estimate of drug-likeness (QED) is 0.478. The van der Waals surface area contributed by atoms with E-state index in [9.17, 15) is 0 Å². The van der Waals surface area contributed by atoms with Crippen LogP contribution in [0.2, 0.25) is 0 Å². The highest BCUT2D eigenvalue weighted by Crippen LogP contribution is 1.81. The molecule has 0 aliphatic heterocycles. The average Bonchev–Trinajstić information content (AvgIpc) is 1.61. The Hall–Kier alpha value is -0.260. The molecule has 6 heavy (non-hydrogen) atoms. The van der Waals surface area contributed by atoms with Crippen LogP contribution in [0.3, 0.4) is 0 Å². The van der Waals surface area contributed by atoms with Crippen LogP contribution in [0.5, 0.6) is 0 Å². The molecule has 0 saturated carbocycles. The summed E-state index contributed by atoms with van der Waals surface area (Å²) in [7, 11) is 0. The molecule has 2 radical (unpaired) electrons. The smallest absolute Gasteiger partial charge is 0.0139 e. The second-order valence-electron chi connectivity index (χ2n) is 1.05. The number of rotatable bonds is 2. The summed E-state index contributed by atoms with van der Waals surface area (Å²) in [4.78, 5) is 0. The van der Waals surface area contributed by atoms with Crippen molar-refractivity contribution >= 4 is 0 Å². The van der Waals surface area contributed by atoms with Gasteiger partial charge in [-0.25, -0.2) is 0 Å². The summed E-state index contributed by atoms with van der Waals surface area (Å²) in [6.07, 6.45) is 8.00. The fraction of sp³-hybridized carbons (Fsp3) is 0.333. The van der Waals surface area contributed by atoms with E-state index in [0.29, 0.717) is 0 Å². The van der Waals surface area contributed by atoms with E-state index in [1.165, 1.54) is 0 Å². The molecule has 0 heterocycles. The summed E-state index contributed by atoms with van der Waals surface area (Å²) in [5.41, 5.74) is 0. The first-order chi connectivity index (χ1) is 2.91. The maximum atomic E-state index is 2.00. The van der Waals surface area contributed by atoms with Gasteiger partial charge < -0.3 is 0 Å². The number of hydrogen-bond acceptors (Lipinski definition) is 0. The number of hydrogen-bond donors (Lipinski definition) is 0. The first-order valence-electron chi connectivity index (χ1n) is 2.15. The molecular weight excluding hydrogens is 72.1 g/mol. The molecule has 0 nitrogen and oxygen atoms in total. The van der Waals surface area contributed by atoms with Crippen molar-refractivity contribution in [1.29, 1.82) is 0 Å². The molecule has 0 heteroatoms. The fourth-order valence-electron chi connectivity index (χ4n) is 0.222. The predicted octanol–water partition coefficient (Wildman–Crippen LogP) is 1.99. The van der Waals surface area contributed by atoms with Gasteiger partial charge in [0.1, 0.15) is 0 Å². The summed E-state index contributed by atoms with van der Waals surface area (Å²) in [5, 5.41) is 0. The van der Waals surface area contributed by atoms with Crippen molar-refractivity contribution in [3.05, 3.63) is 25.0 Å². The first-order valence-corrected chi connectivity index (χ1v) is 2.15. The van der Waals surface area contributed by atoms with Gasteiger partial charge in [-0.05, 0) is 19.8 Å².